The molecule has 0 aromatic heterocycles. The lowest BCUT2D eigenvalue weighted by Gasteiger charge is -2.33. The lowest BCUT2D eigenvalue weighted by atomic mass is 9.90. The van der Waals surface area contributed by atoms with Gasteiger partial charge in [-0.25, -0.2) is 4.79 Å². The number of ether oxygens (including phenoxy) is 1. The zero-order valence-corrected chi connectivity index (χ0v) is 13.0. The van der Waals surface area contributed by atoms with E-state index in [0.717, 1.165) is 5.56 Å². The summed E-state index contributed by atoms with van der Waals surface area (Å²) < 4.78 is 5.39. The molecule has 2 rings (SSSR count). The van der Waals surface area contributed by atoms with Gasteiger partial charge in [-0.2, -0.15) is 0 Å². The lowest BCUT2D eigenvalue weighted by molar-refractivity contribution is -0.125. The molecule has 1 fully saturated rings. The Kier molecular flexibility index (Phi) is 4.66. The number of ketones is 1. The summed E-state index contributed by atoms with van der Waals surface area (Å²) in [5.74, 6) is 0.104. The third-order valence-electron chi connectivity index (χ3n) is 3.50. The number of piperidine rings is 1. The summed E-state index contributed by atoms with van der Waals surface area (Å²) >= 11 is 0. The molecule has 4 nitrogen and oxygen atoms in total. The van der Waals surface area contributed by atoms with Crippen molar-refractivity contribution in [3.63, 3.8) is 0 Å². The van der Waals surface area contributed by atoms with Gasteiger partial charge in [-0.3, -0.25) is 4.79 Å². The zero-order valence-electron chi connectivity index (χ0n) is 13.0. The molecule has 0 radical (unpaired) electrons. The standard InChI is InChI=1S/C17H23NO3/c1-17(2,3)21-16(20)18-10-9-15(19)14(12-18)11-13-7-5-4-6-8-13/h4-8,14H,9-12H2,1-3H3. The van der Waals surface area contributed by atoms with Crippen molar-refractivity contribution in [3.8, 4) is 0 Å². The van der Waals surface area contributed by atoms with Crippen molar-refractivity contribution in [1.29, 1.82) is 0 Å². The average Bonchev–Trinajstić information content (AvgIpc) is 2.40. The highest BCUT2D eigenvalue weighted by Gasteiger charge is 2.32. The first-order chi connectivity index (χ1) is 9.85. The van der Waals surface area contributed by atoms with Crippen molar-refractivity contribution < 1.29 is 14.3 Å². The van der Waals surface area contributed by atoms with Gasteiger partial charge in [0.15, 0.2) is 0 Å². The fraction of sp³-hybridized carbons (Fsp3) is 0.529. The van der Waals surface area contributed by atoms with Gasteiger partial charge in [-0.15, -0.1) is 0 Å². The van der Waals surface area contributed by atoms with Crippen LogP contribution in [0.1, 0.15) is 32.8 Å². The maximum Gasteiger partial charge on any atom is 0.410 e. The first kappa shape index (κ1) is 15.5. The molecule has 114 valence electrons. The quantitative estimate of drug-likeness (QED) is 0.840. The third kappa shape index (κ3) is 4.59. The third-order valence-corrected chi connectivity index (χ3v) is 3.50. The minimum absolute atomic E-state index is 0.131. The fourth-order valence-corrected chi connectivity index (χ4v) is 2.48. The monoisotopic (exact) mass is 289 g/mol. The Morgan fingerprint density at radius 1 is 1.29 bits per heavy atom. The number of amides is 1. The van der Waals surface area contributed by atoms with Gasteiger partial charge in [0.25, 0.3) is 0 Å². The predicted octanol–water partition coefficient (Wildman–Crippen LogP) is 3.06. The van der Waals surface area contributed by atoms with E-state index in [1.165, 1.54) is 0 Å². The van der Waals surface area contributed by atoms with Crippen LogP contribution in [0.3, 0.4) is 0 Å². The molecule has 4 heteroatoms. The van der Waals surface area contributed by atoms with Gasteiger partial charge in [0.05, 0.1) is 0 Å². The van der Waals surface area contributed by atoms with Crippen LogP contribution in [0.4, 0.5) is 4.79 Å². The minimum Gasteiger partial charge on any atom is -0.444 e. The fourth-order valence-electron chi connectivity index (χ4n) is 2.48. The Bertz CT molecular complexity index is 505. The van der Waals surface area contributed by atoms with Crippen LogP contribution < -0.4 is 0 Å². The Balaban J connectivity index is 1.99. The molecule has 1 aliphatic heterocycles. The van der Waals surface area contributed by atoms with Crippen molar-refractivity contribution >= 4 is 11.9 Å². The minimum atomic E-state index is -0.506. The van der Waals surface area contributed by atoms with E-state index < -0.39 is 5.60 Å². The molecular formula is C17H23NO3. The highest BCUT2D eigenvalue weighted by Crippen LogP contribution is 2.20. The Morgan fingerprint density at radius 3 is 2.57 bits per heavy atom. The van der Waals surface area contributed by atoms with Gasteiger partial charge in [0.2, 0.25) is 0 Å². The smallest absolute Gasteiger partial charge is 0.410 e. The van der Waals surface area contributed by atoms with Crippen molar-refractivity contribution in [3.05, 3.63) is 35.9 Å². The lowest BCUT2D eigenvalue weighted by Crippen LogP contribution is -2.46. The van der Waals surface area contributed by atoms with Crippen LogP contribution in [0.2, 0.25) is 0 Å². The highest BCUT2D eigenvalue weighted by molar-refractivity contribution is 5.84. The molecule has 1 atom stereocenters. The van der Waals surface area contributed by atoms with Gasteiger partial charge in [-0.1, -0.05) is 30.3 Å². The van der Waals surface area contributed by atoms with Crippen molar-refractivity contribution in [1.82, 2.24) is 4.90 Å². The molecule has 0 spiro atoms. The molecule has 1 saturated heterocycles. The molecule has 21 heavy (non-hydrogen) atoms. The van der Waals surface area contributed by atoms with Crippen molar-refractivity contribution in [2.45, 2.75) is 39.2 Å². The van der Waals surface area contributed by atoms with E-state index in [9.17, 15) is 9.59 Å². The summed E-state index contributed by atoms with van der Waals surface area (Å²) in [5.41, 5.74) is 0.620. The molecular weight excluding hydrogens is 266 g/mol. The molecule has 1 unspecified atom stereocenters. The number of carbonyl (C=O) groups excluding carboxylic acids is 2. The maximum absolute atomic E-state index is 12.1. The zero-order chi connectivity index (χ0) is 15.5. The molecule has 1 aromatic rings. The second-order valence-electron chi connectivity index (χ2n) is 6.53. The average molecular weight is 289 g/mol. The summed E-state index contributed by atoms with van der Waals surface area (Å²) in [7, 11) is 0. The van der Waals surface area contributed by atoms with Crippen LogP contribution in [0.25, 0.3) is 0 Å². The second kappa shape index (κ2) is 6.29. The molecule has 0 saturated carbocycles. The van der Waals surface area contributed by atoms with Gasteiger partial charge in [0, 0.05) is 25.4 Å². The van der Waals surface area contributed by atoms with E-state index >= 15 is 0 Å². The summed E-state index contributed by atoms with van der Waals surface area (Å²) in [4.78, 5) is 25.8. The number of rotatable bonds is 2. The number of nitrogens with zero attached hydrogens (tertiary/aromatic N) is 1. The SMILES string of the molecule is CC(C)(C)OC(=O)N1CCC(=O)C(Cc2ccccc2)C1. The maximum atomic E-state index is 12.1. The van der Waals surface area contributed by atoms with Gasteiger partial charge in [0.1, 0.15) is 11.4 Å². The van der Waals surface area contributed by atoms with Crippen molar-refractivity contribution in [2.75, 3.05) is 13.1 Å². The normalized spacial score (nSPS) is 19.5. The van der Waals surface area contributed by atoms with E-state index in [2.05, 4.69) is 0 Å². The molecule has 1 aliphatic rings. The van der Waals surface area contributed by atoms with Crippen LogP contribution in [-0.4, -0.2) is 35.5 Å². The number of carbonyl (C=O) groups is 2. The first-order valence-corrected chi connectivity index (χ1v) is 7.40. The summed E-state index contributed by atoms with van der Waals surface area (Å²) in [5, 5.41) is 0. The van der Waals surface area contributed by atoms with E-state index in [1.54, 1.807) is 4.90 Å². The molecule has 0 N–H and O–H groups in total. The second-order valence-corrected chi connectivity index (χ2v) is 6.53. The van der Waals surface area contributed by atoms with E-state index in [1.807, 2.05) is 51.1 Å². The number of Topliss-reactive ketones (excluding diaryl/α,β-unsaturated/α-hetero) is 1. The topological polar surface area (TPSA) is 46.6 Å². The molecule has 1 aromatic carbocycles. The summed E-state index contributed by atoms with van der Waals surface area (Å²) in [6.45, 7) is 6.45. The summed E-state index contributed by atoms with van der Waals surface area (Å²) in [6.07, 6.45) is 0.767. The van der Waals surface area contributed by atoms with Crippen LogP contribution >= 0.6 is 0 Å². The number of benzene rings is 1. The van der Waals surface area contributed by atoms with Gasteiger partial charge < -0.3 is 9.64 Å². The van der Waals surface area contributed by atoms with Crippen LogP contribution in [0.5, 0.6) is 0 Å². The Hall–Kier alpha value is -1.84. The predicted molar refractivity (Wildman–Crippen MR) is 81.1 cm³/mol. The molecule has 1 heterocycles. The van der Waals surface area contributed by atoms with Crippen LogP contribution in [-0.2, 0) is 16.0 Å². The largest absolute Gasteiger partial charge is 0.444 e. The number of likely N-dealkylation sites (tertiary alicyclic amines) is 1. The Labute approximate surface area is 126 Å². The van der Waals surface area contributed by atoms with E-state index in [4.69, 9.17) is 4.74 Å². The number of hydrogen-bond donors (Lipinski definition) is 0. The van der Waals surface area contributed by atoms with Gasteiger partial charge >= 0.3 is 6.09 Å². The molecule has 0 bridgehead atoms. The first-order valence-electron chi connectivity index (χ1n) is 7.40. The van der Waals surface area contributed by atoms with Crippen molar-refractivity contribution in [2.24, 2.45) is 5.92 Å². The number of hydrogen-bond acceptors (Lipinski definition) is 3. The van der Waals surface area contributed by atoms with E-state index in [0.29, 0.717) is 25.9 Å². The Morgan fingerprint density at radius 2 is 1.95 bits per heavy atom. The molecule has 1 amide bonds. The van der Waals surface area contributed by atoms with Crippen LogP contribution in [0, 0.1) is 5.92 Å². The summed E-state index contributed by atoms with van der Waals surface area (Å²) in [6, 6.07) is 9.92. The van der Waals surface area contributed by atoms with Gasteiger partial charge in [-0.05, 0) is 32.8 Å². The van der Waals surface area contributed by atoms with E-state index in [-0.39, 0.29) is 17.8 Å². The molecule has 0 aliphatic carbocycles. The highest BCUT2D eigenvalue weighted by atomic mass is 16.6. The van der Waals surface area contributed by atoms with Crippen LogP contribution in [0.15, 0.2) is 30.3 Å².